The first-order valence-corrected chi connectivity index (χ1v) is 10.9. The molecule has 0 aliphatic rings. The Bertz CT molecular complexity index is 1310. The third kappa shape index (κ3) is 5.63. The number of amides is 2. The molecular weight excluding hydrogens is 426 g/mol. The van der Waals surface area contributed by atoms with E-state index in [9.17, 15) is 9.59 Å². The van der Waals surface area contributed by atoms with Crippen molar-refractivity contribution in [2.75, 3.05) is 16.0 Å². The van der Waals surface area contributed by atoms with Crippen molar-refractivity contribution in [1.29, 1.82) is 0 Å². The van der Waals surface area contributed by atoms with Crippen molar-refractivity contribution in [1.82, 2.24) is 0 Å². The predicted molar refractivity (Wildman–Crippen MR) is 132 cm³/mol. The van der Waals surface area contributed by atoms with Crippen molar-refractivity contribution >= 4 is 34.6 Å². The molecule has 0 atom stereocenters. The van der Waals surface area contributed by atoms with Gasteiger partial charge < -0.3 is 16.0 Å². The van der Waals surface area contributed by atoms with Crippen LogP contribution in [0.4, 0.5) is 22.7 Å². The first kappa shape index (κ1) is 22.7. The minimum atomic E-state index is -0.238. The molecule has 0 saturated carbocycles. The molecule has 4 rings (SSSR count). The number of hydrogen-bond acceptors (Lipinski definition) is 3. The molecule has 2 aromatic heterocycles. The van der Waals surface area contributed by atoms with Crippen molar-refractivity contribution in [3.63, 3.8) is 0 Å². The van der Waals surface area contributed by atoms with Gasteiger partial charge >= 0.3 is 0 Å². The molecule has 4 aromatic rings. The fraction of sp³-hybridized carbons (Fsp3) is 0.111. The van der Waals surface area contributed by atoms with Gasteiger partial charge in [0.15, 0.2) is 24.8 Å². The Hall–Kier alpha value is -4.52. The summed E-state index contributed by atoms with van der Waals surface area (Å²) in [5.41, 5.74) is 5.32. The Morgan fingerprint density at radius 2 is 1.09 bits per heavy atom. The molecule has 0 saturated heterocycles. The molecule has 0 fully saturated rings. The minimum Gasteiger partial charge on any atom is -0.355 e. The van der Waals surface area contributed by atoms with Crippen LogP contribution in [0.15, 0.2) is 91.5 Å². The zero-order valence-corrected chi connectivity index (χ0v) is 19.4. The maximum atomic E-state index is 12.7. The molecular formula is C27H27N5O2+2. The van der Waals surface area contributed by atoms with E-state index in [0.717, 1.165) is 16.9 Å². The first-order chi connectivity index (χ1) is 16.4. The second-order valence-electron chi connectivity index (χ2n) is 8.14. The smallest absolute Gasteiger partial charge is 0.255 e. The molecule has 170 valence electrons. The van der Waals surface area contributed by atoms with Crippen molar-refractivity contribution in [3.05, 3.63) is 108 Å². The lowest BCUT2D eigenvalue weighted by Crippen LogP contribution is -2.26. The highest BCUT2D eigenvalue weighted by Gasteiger charge is 2.11. The van der Waals surface area contributed by atoms with Crippen LogP contribution < -0.4 is 25.1 Å². The number of hydrogen-bond donors (Lipinski definition) is 3. The standard InChI is InChI=1S/C27H25N5O2/c1-19-18-24(8-9-25(19)28-22-10-14-31(2)15-11-22)30-27(34)21-6-4-20(5-7-21)26(33)29-23-12-16-32(3)17-13-23/h4-18H,1-3H3,(H,30,34)/p+2. The Kier molecular flexibility index (Phi) is 6.64. The largest absolute Gasteiger partial charge is 0.355 e. The van der Waals surface area contributed by atoms with E-state index in [2.05, 4.69) is 16.0 Å². The molecule has 0 aliphatic carbocycles. The first-order valence-electron chi connectivity index (χ1n) is 10.9. The van der Waals surface area contributed by atoms with Gasteiger partial charge in [-0.1, -0.05) is 0 Å². The maximum absolute atomic E-state index is 12.7. The molecule has 2 amide bonds. The number of pyridine rings is 2. The topological polar surface area (TPSA) is 78.0 Å². The quantitative estimate of drug-likeness (QED) is 0.388. The van der Waals surface area contributed by atoms with E-state index in [1.165, 1.54) is 0 Å². The van der Waals surface area contributed by atoms with E-state index >= 15 is 0 Å². The van der Waals surface area contributed by atoms with Gasteiger partial charge in [-0.25, -0.2) is 9.13 Å². The Labute approximate surface area is 198 Å². The average molecular weight is 454 g/mol. The zero-order valence-electron chi connectivity index (χ0n) is 19.4. The van der Waals surface area contributed by atoms with Gasteiger partial charge in [0.05, 0.1) is 11.4 Å². The number of nitrogens with zero attached hydrogens (tertiary/aromatic N) is 2. The van der Waals surface area contributed by atoms with Crippen molar-refractivity contribution in [3.8, 4) is 0 Å². The van der Waals surface area contributed by atoms with Crippen LogP contribution in [-0.2, 0) is 14.1 Å². The van der Waals surface area contributed by atoms with E-state index < -0.39 is 0 Å². The second kappa shape index (κ2) is 9.95. The molecule has 7 heteroatoms. The van der Waals surface area contributed by atoms with E-state index in [1.807, 2.05) is 97.4 Å². The number of anilines is 4. The highest BCUT2D eigenvalue weighted by atomic mass is 16.2. The molecule has 0 unspecified atom stereocenters. The Morgan fingerprint density at radius 1 is 0.618 bits per heavy atom. The van der Waals surface area contributed by atoms with Gasteiger partial charge in [-0.3, -0.25) is 9.59 Å². The number of carbonyl (C=O) groups excluding carboxylic acids is 2. The summed E-state index contributed by atoms with van der Waals surface area (Å²) in [6.07, 6.45) is 7.66. The van der Waals surface area contributed by atoms with Gasteiger partial charge in [-0.15, -0.1) is 0 Å². The summed E-state index contributed by atoms with van der Waals surface area (Å²) >= 11 is 0. The molecule has 7 nitrogen and oxygen atoms in total. The van der Waals surface area contributed by atoms with Gasteiger partial charge in [0, 0.05) is 46.8 Å². The minimum absolute atomic E-state index is 0.230. The lowest BCUT2D eigenvalue weighted by Gasteiger charge is -2.12. The fourth-order valence-electron chi connectivity index (χ4n) is 3.39. The van der Waals surface area contributed by atoms with Crippen LogP contribution in [0, 0.1) is 6.92 Å². The number of nitrogens with one attached hydrogen (secondary N) is 3. The summed E-state index contributed by atoms with van der Waals surface area (Å²) in [5, 5.41) is 9.15. The SMILES string of the molecule is Cc1cc(NC(=O)c2ccc(C(=O)Nc3cc[n+](C)cc3)cc2)ccc1Nc1cc[n+](C)cc1. The predicted octanol–water partition coefficient (Wildman–Crippen LogP) is 3.89. The average Bonchev–Trinajstić information content (AvgIpc) is 2.83. The van der Waals surface area contributed by atoms with Gasteiger partial charge in [-0.2, -0.15) is 0 Å². The lowest BCUT2D eigenvalue weighted by molar-refractivity contribution is -0.671. The molecule has 0 aliphatic heterocycles. The Balaban J connectivity index is 1.38. The number of carbonyl (C=O) groups is 2. The maximum Gasteiger partial charge on any atom is 0.255 e. The number of benzene rings is 2. The van der Waals surface area contributed by atoms with Crippen LogP contribution in [0.25, 0.3) is 0 Å². The zero-order chi connectivity index (χ0) is 24.1. The van der Waals surface area contributed by atoms with Crippen LogP contribution >= 0.6 is 0 Å². The Morgan fingerprint density at radius 3 is 1.59 bits per heavy atom. The van der Waals surface area contributed by atoms with Gasteiger partial charge in [0.2, 0.25) is 0 Å². The van der Waals surface area contributed by atoms with Gasteiger partial charge in [0.1, 0.15) is 14.1 Å². The fourth-order valence-corrected chi connectivity index (χ4v) is 3.39. The van der Waals surface area contributed by atoms with Gasteiger partial charge in [-0.05, 0) is 55.0 Å². The monoisotopic (exact) mass is 453 g/mol. The lowest BCUT2D eigenvalue weighted by atomic mass is 10.1. The van der Waals surface area contributed by atoms with Crippen molar-refractivity contribution < 1.29 is 18.7 Å². The molecule has 0 spiro atoms. The molecule has 0 bridgehead atoms. The van der Waals surface area contributed by atoms with Crippen LogP contribution in [-0.4, -0.2) is 11.8 Å². The van der Waals surface area contributed by atoms with Crippen LogP contribution in [0.2, 0.25) is 0 Å². The summed E-state index contributed by atoms with van der Waals surface area (Å²) in [7, 11) is 3.88. The van der Waals surface area contributed by atoms with E-state index in [0.29, 0.717) is 22.5 Å². The molecule has 2 aromatic carbocycles. The third-order valence-electron chi connectivity index (χ3n) is 5.39. The van der Waals surface area contributed by atoms with E-state index in [1.54, 1.807) is 24.3 Å². The third-order valence-corrected chi connectivity index (χ3v) is 5.39. The molecule has 0 radical (unpaired) electrons. The number of aryl methyl sites for hydroxylation is 3. The van der Waals surface area contributed by atoms with E-state index in [-0.39, 0.29) is 11.8 Å². The van der Waals surface area contributed by atoms with Crippen LogP contribution in [0.1, 0.15) is 26.3 Å². The van der Waals surface area contributed by atoms with Crippen molar-refractivity contribution in [2.45, 2.75) is 6.92 Å². The number of rotatable bonds is 6. The summed E-state index contributed by atoms with van der Waals surface area (Å²) in [6, 6.07) is 19.9. The highest BCUT2D eigenvalue weighted by molar-refractivity contribution is 6.07. The summed E-state index contributed by atoms with van der Waals surface area (Å²) < 4.78 is 3.86. The molecule has 34 heavy (non-hydrogen) atoms. The molecule has 2 heterocycles. The summed E-state index contributed by atoms with van der Waals surface area (Å²) in [6.45, 7) is 1.99. The summed E-state index contributed by atoms with van der Waals surface area (Å²) in [5.74, 6) is -0.468. The normalized spacial score (nSPS) is 10.4. The van der Waals surface area contributed by atoms with E-state index in [4.69, 9.17) is 0 Å². The van der Waals surface area contributed by atoms with Crippen molar-refractivity contribution in [2.24, 2.45) is 14.1 Å². The number of aromatic nitrogens is 2. The van der Waals surface area contributed by atoms with Crippen LogP contribution in [0.3, 0.4) is 0 Å². The molecule has 3 N–H and O–H groups in total. The highest BCUT2D eigenvalue weighted by Crippen LogP contribution is 2.23. The van der Waals surface area contributed by atoms with Crippen LogP contribution in [0.5, 0.6) is 0 Å². The summed E-state index contributed by atoms with van der Waals surface area (Å²) in [4.78, 5) is 25.2. The second-order valence-corrected chi connectivity index (χ2v) is 8.14. The van der Waals surface area contributed by atoms with Gasteiger partial charge in [0.25, 0.3) is 11.8 Å².